The molecule has 2 aliphatic rings. The Morgan fingerprint density at radius 1 is 1.06 bits per heavy atom. The van der Waals surface area contributed by atoms with Gasteiger partial charge in [-0.2, -0.15) is 0 Å². The topological polar surface area (TPSA) is 74.2 Å². The highest BCUT2D eigenvalue weighted by molar-refractivity contribution is 6.29. The lowest BCUT2D eigenvalue weighted by atomic mass is 10.0. The van der Waals surface area contributed by atoms with E-state index in [1.165, 1.54) is 16.1 Å². The molecule has 7 heteroatoms. The van der Waals surface area contributed by atoms with Gasteiger partial charge in [0.25, 0.3) is 17.7 Å². The zero-order chi connectivity index (χ0) is 22.7. The normalized spacial score (nSPS) is 19.5. The number of hydrogen-bond acceptors (Lipinski definition) is 3. The minimum absolute atomic E-state index is 0.102. The molecule has 2 aromatic rings. The summed E-state index contributed by atoms with van der Waals surface area (Å²) in [6.45, 7) is 2.71. The molecule has 32 heavy (non-hydrogen) atoms. The fourth-order valence-corrected chi connectivity index (χ4v) is 3.80. The van der Waals surface area contributed by atoms with E-state index < -0.39 is 0 Å². The molecule has 1 atom stereocenters. The Balaban J connectivity index is 1.34. The van der Waals surface area contributed by atoms with Crippen molar-refractivity contribution in [2.45, 2.75) is 6.92 Å². The highest BCUT2D eigenvalue weighted by atomic mass is 16.2. The van der Waals surface area contributed by atoms with Crippen molar-refractivity contribution in [2.75, 3.05) is 30.5 Å². The quantitative estimate of drug-likeness (QED) is 0.562. The van der Waals surface area contributed by atoms with Crippen LogP contribution in [0.1, 0.15) is 12.5 Å². The molecular weight excluding hydrogens is 404 g/mol. The van der Waals surface area contributed by atoms with Gasteiger partial charge >= 0.3 is 0 Å². The second kappa shape index (κ2) is 9.03. The number of amides is 3. The first-order chi connectivity index (χ1) is 15.5. The van der Waals surface area contributed by atoms with Crippen LogP contribution < -0.4 is 15.2 Å². The number of benzene rings is 2. The van der Waals surface area contributed by atoms with Gasteiger partial charge in [-0.3, -0.25) is 19.3 Å². The standard InChI is InChI=1S/C25H24N4O3/c1-3-22-24(31)27(2)29(25(22)32)21-11-9-20(10-12-21)26-23(30)17-28-15-13-19(14-16-28)18-7-5-4-6-8-18/h3-15H,16-17H2,1-2H3,(H,26,30)/p+1/b22-3+. The average molecular weight is 430 g/mol. The molecule has 1 fully saturated rings. The number of hydrogen-bond donors (Lipinski definition) is 2. The van der Waals surface area contributed by atoms with Gasteiger partial charge in [0.05, 0.1) is 11.9 Å². The molecule has 7 nitrogen and oxygen atoms in total. The van der Waals surface area contributed by atoms with Gasteiger partial charge in [-0.25, -0.2) is 10.0 Å². The van der Waals surface area contributed by atoms with E-state index in [1.807, 2.05) is 30.5 Å². The predicted octanol–water partition coefficient (Wildman–Crippen LogP) is 1.79. The molecule has 2 heterocycles. The Bertz CT molecular complexity index is 1130. The third kappa shape index (κ3) is 4.24. The minimum atomic E-state index is -0.361. The molecule has 1 saturated heterocycles. The third-order valence-electron chi connectivity index (χ3n) is 5.51. The summed E-state index contributed by atoms with van der Waals surface area (Å²) >= 11 is 0. The van der Waals surface area contributed by atoms with Crippen molar-refractivity contribution in [1.82, 2.24) is 5.01 Å². The number of hydrazine groups is 1. The highest BCUT2D eigenvalue weighted by Crippen LogP contribution is 2.26. The Hall–Kier alpha value is -3.97. The number of likely N-dealkylation sites (N-methyl/N-ethyl adjacent to an activating group) is 1. The van der Waals surface area contributed by atoms with Crippen molar-refractivity contribution in [3.8, 4) is 0 Å². The van der Waals surface area contributed by atoms with Crippen LogP contribution in [-0.2, 0) is 14.4 Å². The third-order valence-corrected chi connectivity index (χ3v) is 5.51. The van der Waals surface area contributed by atoms with E-state index in [1.54, 1.807) is 38.2 Å². The van der Waals surface area contributed by atoms with Gasteiger partial charge in [-0.05, 0) is 54.5 Å². The monoisotopic (exact) mass is 429 g/mol. The SMILES string of the molecule is C/C=C1\C(=O)N(C)N(c2ccc(NC(=O)C[NH+]3C=CC(c4ccccc4)=CC3)cc2)C1=O. The van der Waals surface area contributed by atoms with E-state index >= 15 is 0 Å². The van der Waals surface area contributed by atoms with E-state index in [2.05, 4.69) is 23.5 Å². The van der Waals surface area contributed by atoms with E-state index in [4.69, 9.17) is 0 Å². The second-order valence-corrected chi connectivity index (χ2v) is 7.64. The minimum Gasteiger partial charge on any atom is -0.321 e. The van der Waals surface area contributed by atoms with Gasteiger partial charge in [-0.15, -0.1) is 0 Å². The van der Waals surface area contributed by atoms with Crippen LogP contribution in [0.15, 0.2) is 84.6 Å². The molecular formula is C25H25N4O3+. The van der Waals surface area contributed by atoms with Gasteiger partial charge in [-0.1, -0.05) is 36.4 Å². The number of quaternary nitrogens is 1. The van der Waals surface area contributed by atoms with Gasteiger partial charge in [0.2, 0.25) is 0 Å². The summed E-state index contributed by atoms with van der Waals surface area (Å²) in [5.41, 5.74) is 3.66. The van der Waals surface area contributed by atoms with Gasteiger partial charge in [0.15, 0.2) is 6.54 Å². The first-order valence-electron chi connectivity index (χ1n) is 10.4. The summed E-state index contributed by atoms with van der Waals surface area (Å²) < 4.78 is 0. The molecule has 3 amide bonds. The number of nitrogens with one attached hydrogen (secondary N) is 2. The largest absolute Gasteiger partial charge is 0.321 e. The molecule has 2 aromatic carbocycles. The summed E-state index contributed by atoms with van der Waals surface area (Å²) in [6.07, 6.45) is 7.71. The highest BCUT2D eigenvalue weighted by Gasteiger charge is 2.38. The van der Waals surface area contributed by atoms with Crippen LogP contribution in [0, 0.1) is 0 Å². The maximum Gasteiger partial charge on any atom is 0.282 e. The number of carbonyl (C=O) groups excluding carboxylic acids is 3. The number of carbonyl (C=O) groups is 3. The van der Waals surface area contributed by atoms with Crippen molar-refractivity contribution < 1.29 is 19.3 Å². The molecule has 162 valence electrons. The van der Waals surface area contributed by atoms with Crippen LogP contribution in [0.2, 0.25) is 0 Å². The summed E-state index contributed by atoms with van der Waals surface area (Å²) in [5, 5.41) is 5.50. The predicted molar refractivity (Wildman–Crippen MR) is 123 cm³/mol. The lowest BCUT2D eigenvalue weighted by Gasteiger charge is -2.23. The maximum atomic E-state index is 12.5. The molecule has 0 spiro atoms. The van der Waals surface area contributed by atoms with E-state index in [-0.39, 0.29) is 23.3 Å². The first kappa shape index (κ1) is 21.3. The average Bonchev–Trinajstić information content (AvgIpc) is 3.03. The number of anilines is 2. The molecule has 4 rings (SSSR count). The van der Waals surface area contributed by atoms with Crippen molar-refractivity contribution >= 4 is 34.7 Å². The van der Waals surface area contributed by atoms with Gasteiger partial charge < -0.3 is 5.32 Å². The summed E-state index contributed by atoms with van der Waals surface area (Å²) in [7, 11) is 1.55. The van der Waals surface area contributed by atoms with Crippen molar-refractivity contribution in [1.29, 1.82) is 0 Å². The van der Waals surface area contributed by atoms with Crippen LogP contribution in [-0.4, -0.2) is 42.9 Å². The molecule has 0 aliphatic carbocycles. The van der Waals surface area contributed by atoms with Crippen molar-refractivity contribution in [2.24, 2.45) is 0 Å². The summed E-state index contributed by atoms with van der Waals surface area (Å²) in [5.74, 6) is -0.799. The van der Waals surface area contributed by atoms with E-state index in [0.717, 1.165) is 22.6 Å². The fourth-order valence-electron chi connectivity index (χ4n) is 3.80. The molecule has 1 unspecified atom stereocenters. The number of nitrogens with zero attached hydrogens (tertiary/aromatic N) is 2. The Morgan fingerprint density at radius 3 is 2.38 bits per heavy atom. The zero-order valence-electron chi connectivity index (χ0n) is 18.0. The Kier molecular flexibility index (Phi) is 6.00. The molecule has 0 bridgehead atoms. The van der Waals surface area contributed by atoms with Crippen molar-refractivity contribution in [3.63, 3.8) is 0 Å². The first-order valence-corrected chi connectivity index (χ1v) is 10.4. The van der Waals surface area contributed by atoms with Crippen LogP contribution in [0.3, 0.4) is 0 Å². The maximum absolute atomic E-state index is 12.5. The zero-order valence-corrected chi connectivity index (χ0v) is 18.0. The van der Waals surface area contributed by atoms with Gasteiger partial charge in [0, 0.05) is 12.7 Å². The van der Waals surface area contributed by atoms with Crippen LogP contribution in [0.25, 0.3) is 5.57 Å². The lowest BCUT2D eigenvalue weighted by molar-refractivity contribution is -0.831. The molecule has 0 saturated carbocycles. The Morgan fingerprint density at radius 2 is 1.78 bits per heavy atom. The lowest BCUT2D eigenvalue weighted by Crippen LogP contribution is -3.08. The van der Waals surface area contributed by atoms with E-state index in [0.29, 0.717) is 17.9 Å². The molecule has 0 aromatic heterocycles. The fraction of sp³-hybridized carbons (Fsp3) is 0.160. The second-order valence-electron chi connectivity index (χ2n) is 7.64. The summed E-state index contributed by atoms with van der Waals surface area (Å²) in [4.78, 5) is 38.2. The van der Waals surface area contributed by atoms with E-state index in [9.17, 15) is 14.4 Å². The number of allylic oxidation sites excluding steroid dienone is 3. The molecule has 0 radical (unpaired) electrons. The Labute approximate surface area is 186 Å². The molecule has 2 aliphatic heterocycles. The summed E-state index contributed by atoms with van der Waals surface area (Å²) in [6, 6.07) is 17.0. The van der Waals surface area contributed by atoms with Crippen LogP contribution >= 0.6 is 0 Å². The van der Waals surface area contributed by atoms with Crippen molar-refractivity contribution in [3.05, 3.63) is 90.2 Å². The van der Waals surface area contributed by atoms with Gasteiger partial charge in [0.1, 0.15) is 12.1 Å². The molecule has 2 N–H and O–H groups in total. The van der Waals surface area contributed by atoms with Crippen LogP contribution in [0.4, 0.5) is 11.4 Å². The number of rotatable bonds is 5. The van der Waals surface area contributed by atoms with Crippen LogP contribution in [0.5, 0.6) is 0 Å². The smallest absolute Gasteiger partial charge is 0.282 e.